The van der Waals surface area contributed by atoms with E-state index in [1.54, 1.807) is 0 Å². The molecule has 2 amide bonds. The van der Waals surface area contributed by atoms with Gasteiger partial charge < -0.3 is 15.7 Å². The van der Waals surface area contributed by atoms with E-state index in [0.717, 1.165) is 25.3 Å². The zero-order valence-electron chi connectivity index (χ0n) is 11.8. The van der Waals surface area contributed by atoms with E-state index in [1.807, 2.05) is 0 Å². The average Bonchev–Trinajstić information content (AvgIpc) is 2.76. The first-order valence-electron chi connectivity index (χ1n) is 7.31. The number of carbonyl (C=O) groups is 2. The summed E-state index contributed by atoms with van der Waals surface area (Å²) in [6, 6.07) is -0.0993. The van der Waals surface area contributed by atoms with Gasteiger partial charge in [-0.05, 0) is 37.5 Å². The molecule has 1 saturated carbocycles. The molecule has 0 aromatic rings. The van der Waals surface area contributed by atoms with Gasteiger partial charge >= 0.3 is 12.0 Å². The number of amides is 2. The van der Waals surface area contributed by atoms with Gasteiger partial charge in [0.1, 0.15) is 0 Å². The van der Waals surface area contributed by atoms with E-state index in [1.165, 1.54) is 19.3 Å². The highest BCUT2D eigenvalue weighted by molar-refractivity contribution is 5.73. The highest BCUT2D eigenvalue weighted by atomic mass is 16.4. The first kappa shape index (κ1) is 15.8. The largest absolute Gasteiger partial charge is 0.481 e. The standard InChI is InChI=1S/C14H26N2O3/c1-11-6-7-12(9-11)10-16-14(19)15-8-4-2-3-5-13(17)18/h11-12H,2-10H2,1H3,(H,17,18)(H2,15,16,19). The molecule has 3 N–H and O–H groups in total. The lowest BCUT2D eigenvalue weighted by Gasteiger charge is -2.12. The van der Waals surface area contributed by atoms with Crippen LogP contribution in [0, 0.1) is 11.8 Å². The molecule has 0 aromatic carbocycles. The minimum Gasteiger partial charge on any atom is -0.481 e. The van der Waals surface area contributed by atoms with Crippen molar-refractivity contribution in [3.05, 3.63) is 0 Å². The van der Waals surface area contributed by atoms with Crippen molar-refractivity contribution >= 4 is 12.0 Å². The topological polar surface area (TPSA) is 78.4 Å². The van der Waals surface area contributed by atoms with Gasteiger partial charge in [0.2, 0.25) is 0 Å². The van der Waals surface area contributed by atoms with Crippen LogP contribution in [0.4, 0.5) is 4.79 Å². The third-order valence-corrected chi connectivity index (χ3v) is 3.71. The fourth-order valence-electron chi connectivity index (χ4n) is 2.59. The Bertz CT molecular complexity index is 294. The van der Waals surface area contributed by atoms with Crippen molar-refractivity contribution in [2.45, 2.75) is 51.9 Å². The second kappa shape index (κ2) is 8.77. The van der Waals surface area contributed by atoms with Crippen molar-refractivity contribution in [1.29, 1.82) is 0 Å². The zero-order valence-corrected chi connectivity index (χ0v) is 11.8. The molecule has 0 aromatic heterocycles. The summed E-state index contributed by atoms with van der Waals surface area (Å²) in [5.74, 6) is 0.678. The minimum absolute atomic E-state index is 0.0993. The summed E-state index contributed by atoms with van der Waals surface area (Å²) in [5.41, 5.74) is 0. The Hall–Kier alpha value is -1.26. The fraction of sp³-hybridized carbons (Fsp3) is 0.857. The molecular formula is C14H26N2O3. The number of aliphatic carboxylic acids is 1. The molecule has 1 rings (SSSR count). The number of carboxylic acid groups (broad SMARTS) is 1. The molecule has 5 nitrogen and oxygen atoms in total. The van der Waals surface area contributed by atoms with Gasteiger partial charge in [-0.15, -0.1) is 0 Å². The molecule has 1 aliphatic rings. The molecule has 1 fully saturated rings. The number of hydrogen-bond donors (Lipinski definition) is 3. The van der Waals surface area contributed by atoms with E-state index < -0.39 is 5.97 Å². The lowest BCUT2D eigenvalue weighted by atomic mass is 10.1. The average molecular weight is 270 g/mol. The Labute approximate surface area is 115 Å². The third kappa shape index (κ3) is 7.70. The molecule has 2 unspecified atom stereocenters. The van der Waals surface area contributed by atoms with E-state index in [2.05, 4.69) is 17.6 Å². The summed E-state index contributed by atoms with van der Waals surface area (Å²) in [7, 11) is 0. The van der Waals surface area contributed by atoms with E-state index in [0.29, 0.717) is 18.9 Å². The van der Waals surface area contributed by atoms with Crippen molar-refractivity contribution in [3.63, 3.8) is 0 Å². The minimum atomic E-state index is -0.753. The Balaban J connectivity index is 1.92. The first-order valence-corrected chi connectivity index (χ1v) is 7.31. The second-order valence-electron chi connectivity index (χ2n) is 5.63. The molecule has 0 bridgehead atoms. The van der Waals surface area contributed by atoms with Crippen molar-refractivity contribution in [3.8, 4) is 0 Å². The summed E-state index contributed by atoms with van der Waals surface area (Å²) in [6.45, 7) is 3.65. The third-order valence-electron chi connectivity index (χ3n) is 3.71. The number of rotatable bonds is 8. The molecule has 0 radical (unpaired) electrons. The van der Waals surface area contributed by atoms with Crippen LogP contribution in [0.3, 0.4) is 0 Å². The molecule has 0 heterocycles. The molecule has 110 valence electrons. The summed E-state index contributed by atoms with van der Waals surface area (Å²) in [4.78, 5) is 21.8. The van der Waals surface area contributed by atoms with E-state index >= 15 is 0 Å². The summed E-state index contributed by atoms with van der Waals surface area (Å²) >= 11 is 0. The fourth-order valence-corrected chi connectivity index (χ4v) is 2.59. The molecule has 0 aliphatic heterocycles. The Morgan fingerprint density at radius 3 is 2.58 bits per heavy atom. The van der Waals surface area contributed by atoms with Crippen molar-refractivity contribution in [2.75, 3.05) is 13.1 Å². The maximum Gasteiger partial charge on any atom is 0.314 e. The van der Waals surface area contributed by atoms with Gasteiger partial charge in [0.25, 0.3) is 0 Å². The van der Waals surface area contributed by atoms with Crippen LogP contribution in [0.15, 0.2) is 0 Å². The van der Waals surface area contributed by atoms with E-state index in [9.17, 15) is 9.59 Å². The normalized spacial score (nSPS) is 22.2. The monoisotopic (exact) mass is 270 g/mol. The maximum absolute atomic E-state index is 11.5. The maximum atomic E-state index is 11.5. The molecule has 0 spiro atoms. The lowest BCUT2D eigenvalue weighted by Crippen LogP contribution is -2.38. The Morgan fingerprint density at radius 2 is 1.95 bits per heavy atom. The highest BCUT2D eigenvalue weighted by Gasteiger charge is 2.21. The SMILES string of the molecule is CC1CCC(CNC(=O)NCCCCCC(=O)O)C1. The number of carboxylic acids is 1. The van der Waals surface area contributed by atoms with Crippen LogP contribution in [0.5, 0.6) is 0 Å². The van der Waals surface area contributed by atoms with Crippen molar-refractivity contribution in [1.82, 2.24) is 10.6 Å². The molecular weight excluding hydrogens is 244 g/mol. The van der Waals surface area contributed by atoms with Crippen molar-refractivity contribution in [2.24, 2.45) is 11.8 Å². The molecule has 19 heavy (non-hydrogen) atoms. The molecule has 5 heteroatoms. The summed E-state index contributed by atoms with van der Waals surface area (Å²) in [5, 5.41) is 14.2. The number of nitrogens with one attached hydrogen (secondary N) is 2. The Kier molecular flexibility index (Phi) is 7.30. The van der Waals surface area contributed by atoms with Gasteiger partial charge in [-0.25, -0.2) is 4.79 Å². The van der Waals surface area contributed by atoms with Crippen LogP contribution in [0.25, 0.3) is 0 Å². The number of hydrogen-bond acceptors (Lipinski definition) is 2. The van der Waals surface area contributed by atoms with Crippen molar-refractivity contribution < 1.29 is 14.7 Å². The van der Waals surface area contributed by atoms with Crippen LogP contribution >= 0.6 is 0 Å². The van der Waals surface area contributed by atoms with Crippen LogP contribution in [-0.2, 0) is 4.79 Å². The van der Waals surface area contributed by atoms with Crippen LogP contribution in [0.1, 0.15) is 51.9 Å². The lowest BCUT2D eigenvalue weighted by molar-refractivity contribution is -0.137. The Morgan fingerprint density at radius 1 is 1.16 bits per heavy atom. The van der Waals surface area contributed by atoms with Crippen LogP contribution in [0.2, 0.25) is 0 Å². The predicted molar refractivity (Wildman–Crippen MR) is 74.0 cm³/mol. The number of carbonyl (C=O) groups excluding carboxylic acids is 1. The van der Waals surface area contributed by atoms with Gasteiger partial charge in [0.05, 0.1) is 0 Å². The van der Waals surface area contributed by atoms with Crippen LogP contribution in [-0.4, -0.2) is 30.2 Å². The molecule has 2 atom stereocenters. The van der Waals surface area contributed by atoms with Gasteiger partial charge in [-0.2, -0.15) is 0 Å². The summed E-state index contributed by atoms with van der Waals surface area (Å²) in [6.07, 6.45) is 6.28. The highest BCUT2D eigenvalue weighted by Crippen LogP contribution is 2.29. The smallest absolute Gasteiger partial charge is 0.314 e. The second-order valence-corrected chi connectivity index (χ2v) is 5.63. The number of urea groups is 1. The number of unbranched alkanes of at least 4 members (excludes halogenated alkanes) is 2. The van der Waals surface area contributed by atoms with E-state index in [4.69, 9.17) is 5.11 Å². The van der Waals surface area contributed by atoms with Gasteiger partial charge in [-0.1, -0.05) is 19.8 Å². The van der Waals surface area contributed by atoms with Crippen LogP contribution < -0.4 is 10.6 Å². The van der Waals surface area contributed by atoms with Gasteiger partial charge in [0, 0.05) is 19.5 Å². The molecule has 0 saturated heterocycles. The van der Waals surface area contributed by atoms with E-state index in [-0.39, 0.29) is 12.5 Å². The van der Waals surface area contributed by atoms with Gasteiger partial charge in [0.15, 0.2) is 0 Å². The first-order chi connectivity index (χ1) is 9.08. The van der Waals surface area contributed by atoms with Gasteiger partial charge in [-0.3, -0.25) is 4.79 Å². The quantitative estimate of drug-likeness (QED) is 0.592. The molecule has 1 aliphatic carbocycles. The summed E-state index contributed by atoms with van der Waals surface area (Å²) < 4.78 is 0. The predicted octanol–water partition coefficient (Wildman–Crippen LogP) is 2.37. The zero-order chi connectivity index (χ0) is 14.1.